The Morgan fingerprint density at radius 2 is 1.96 bits per heavy atom. The number of methoxy groups -OCH3 is 1. The normalized spacial score (nSPS) is 18.5. The van der Waals surface area contributed by atoms with Crippen LogP contribution < -0.4 is 9.64 Å². The number of aromatic nitrogens is 2. The molecule has 3 aromatic rings. The maximum Gasteiger partial charge on any atom is 0.301 e. The van der Waals surface area contributed by atoms with Crippen LogP contribution in [0, 0.1) is 0 Å². The predicted molar refractivity (Wildman–Crippen MR) is 104 cm³/mol. The second-order valence-corrected chi connectivity index (χ2v) is 6.87. The average Bonchev–Trinajstić information content (AvgIpc) is 3.35. The van der Waals surface area contributed by atoms with Crippen molar-refractivity contribution in [3.63, 3.8) is 0 Å². The fourth-order valence-electron chi connectivity index (χ4n) is 3.16. The van der Waals surface area contributed by atoms with E-state index in [1.54, 1.807) is 48.0 Å². The molecule has 0 saturated carbocycles. The molecule has 0 radical (unpaired) electrons. The van der Waals surface area contributed by atoms with Crippen LogP contribution in [0.1, 0.15) is 17.2 Å². The Morgan fingerprint density at radius 3 is 2.64 bits per heavy atom. The van der Waals surface area contributed by atoms with Crippen LogP contribution in [0.15, 0.2) is 65.9 Å². The summed E-state index contributed by atoms with van der Waals surface area (Å²) in [6.45, 7) is 0. The molecular formula is C20H15N3O4S. The van der Waals surface area contributed by atoms with E-state index in [1.165, 1.54) is 35.7 Å². The summed E-state index contributed by atoms with van der Waals surface area (Å²) in [5.41, 5.74) is 1.03. The molecule has 140 valence electrons. The highest BCUT2D eigenvalue weighted by Gasteiger charge is 2.48. The van der Waals surface area contributed by atoms with E-state index in [1.807, 2.05) is 0 Å². The van der Waals surface area contributed by atoms with E-state index in [9.17, 15) is 14.7 Å². The number of nitrogens with zero attached hydrogens (tertiary/aromatic N) is 3. The van der Waals surface area contributed by atoms with Crippen LogP contribution in [0.3, 0.4) is 0 Å². The average molecular weight is 393 g/mol. The van der Waals surface area contributed by atoms with Crippen molar-refractivity contribution in [3.8, 4) is 5.75 Å². The summed E-state index contributed by atoms with van der Waals surface area (Å²) >= 11 is 1.24. The van der Waals surface area contributed by atoms with Gasteiger partial charge in [-0.15, -0.1) is 11.3 Å². The zero-order chi connectivity index (χ0) is 19.7. The zero-order valence-electron chi connectivity index (χ0n) is 14.8. The molecule has 1 amide bonds. The number of aliphatic hydroxyl groups excluding tert-OH is 1. The third-order valence-electron chi connectivity index (χ3n) is 4.43. The number of carbonyl (C=O) groups is 2. The molecular weight excluding hydrogens is 378 g/mol. The van der Waals surface area contributed by atoms with E-state index in [-0.39, 0.29) is 11.3 Å². The standard InChI is InChI=1S/C20H15N3O4S/c1-27-14-4-2-3-13(11-14)16-15(17(24)12-5-7-21-8-6-12)18(25)19(26)23(16)20-22-9-10-28-20/h2-11,16,24H,1H3/b17-15+. The molecule has 1 N–H and O–H groups in total. The number of hydrogen-bond donors (Lipinski definition) is 1. The van der Waals surface area contributed by atoms with Crippen LogP contribution in [0.4, 0.5) is 5.13 Å². The lowest BCUT2D eigenvalue weighted by Gasteiger charge is -2.23. The number of hydrogen-bond acceptors (Lipinski definition) is 7. The molecule has 1 aliphatic rings. The van der Waals surface area contributed by atoms with Gasteiger partial charge >= 0.3 is 5.91 Å². The van der Waals surface area contributed by atoms with Crippen LogP contribution in [0.2, 0.25) is 0 Å². The van der Waals surface area contributed by atoms with Gasteiger partial charge in [-0.2, -0.15) is 0 Å². The molecule has 1 fully saturated rings. The Kier molecular flexibility index (Phi) is 4.62. The first-order chi connectivity index (χ1) is 13.6. The molecule has 1 aromatic carbocycles. The van der Waals surface area contributed by atoms with Gasteiger partial charge in [0.2, 0.25) is 0 Å². The van der Waals surface area contributed by atoms with Crippen molar-refractivity contribution in [1.29, 1.82) is 0 Å². The number of aliphatic hydroxyl groups is 1. The van der Waals surface area contributed by atoms with Crippen LogP contribution in [0.5, 0.6) is 5.75 Å². The van der Waals surface area contributed by atoms with Crippen molar-refractivity contribution in [3.05, 3.63) is 77.1 Å². The van der Waals surface area contributed by atoms with Crippen molar-refractivity contribution in [2.45, 2.75) is 6.04 Å². The lowest BCUT2D eigenvalue weighted by molar-refractivity contribution is -0.132. The molecule has 3 heterocycles. The molecule has 1 saturated heterocycles. The Hall–Kier alpha value is -3.52. The molecule has 0 aliphatic carbocycles. The van der Waals surface area contributed by atoms with Gasteiger partial charge in [0.1, 0.15) is 11.5 Å². The first-order valence-corrected chi connectivity index (χ1v) is 9.24. The van der Waals surface area contributed by atoms with E-state index in [4.69, 9.17) is 4.74 Å². The maximum absolute atomic E-state index is 12.9. The number of thiazole rings is 1. The third-order valence-corrected chi connectivity index (χ3v) is 5.20. The van der Waals surface area contributed by atoms with Crippen molar-refractivity contribution < 1.29 is 19.4 Å². The van der Waals surface area contributed by atoms with Crippen LogP contribution >= 0.6 is 11.3 Å². The lowest BCUT2D eigenvalue weighted by Crippen LogP contribution is -2.29. The van der Waals surface area contributed by atoms with Gasteiger partial charge in [-0.05, 0) is 29.8 Å². The molecule has 1 aliphatic heterocycles. The smallest absolute Gasteiger partial charge is 0.301 e. The number of rotatable bonds is 4. The second kappa shape index (κ2) is 7.24. The van der Waals surface area contributed by atoms with Crippen LogP contribution in [-0.4, -0.2) is 33.9 Å². The molecule has 2 aromatic heterocycles. The number of benzene rings is 1. The minimum Gasteiger partial charge on any atom is -0.507 e. The van der Waals surface area contributed by atoms with E-state index in [0.717, 1.165) is 0 Å². The number of anilines is 1. The van der Waals surface area contributed by atoms with Crippen LogP contribution in [-0.2, 0) is 9.59 Å². The zero-order valence-corrected chi connectivity index (χ0v) is 15.6. The third kappa shape index (κ3) is 2.93. The lowest BCUT2D eigenvalue weighted by atomic mass is 9.95. The molecule has 1 atom stereocenters. The summed E-state index contributed by atoms with van der Waals surface area (Å²) in [5, 5.41) is 13.0. The highest BCUT2D eigenvalue weighted by Crippen LogP contribution is 2.43. The molecule has 0 spiro atoms. The van der Waals surface area contributed by atoms with Crippen molar-refractivity contribution in [2.75, 3.05) is 12.0 Å². The monoisotopic (exact) mass is 393 g/mol. The summed E-state index contributed by atoms with van der Waals surface area (Å²) in [5.74, 6) is -1.19. The van der Waals surface area contributed by atoms with Gasteiger partial charge in [-0.25, -0.2) is 4.98 Å². The maximum atomic E-state index is 12.9. The Balaban J connectivity index is 1.95. The second-order valence-electron chi connectivity index (χ2n) is 6.00. The number of carbonyl (C=O) groups excluding carboxylic acids is 2. The molecule has 28 heavy (non-hydrogen) atoms. The summed E-state index contributed by atoms with van der Waals surface area (Å²) in [7, 11) is 1.54. The first kappa shape index (κ1) is 17.9. The highest BCUT2D eigenvalue weighted by molar-refractivity contribution is 7.14. The molecule has 8 heteroatoms. The Morgan fingerprint density at radius 1 is 1.18 bits per heavy atom. The fourth-order valence-corrected chi connectivity index (χ4v) is 3.82. The number of pyridine rings is 1. The molecule has 0 bridgehead atoms. The largest absolute Gasteiger partial charge is 0.507 e. The minimum absolute atomic E-state index is 0.000321. The van der Waals surface area contributed by atoms with Crippen LogP contribution in [0.25, 0.3) is 5.76 Å². The summed E-state index contributed by atoms with van der Waals surface area (Å²) < 4.78 is 5.29. The minimum atomic E-state index is -0.825. The van der Waals surface area contributed by atoms with Gasteiger partial charge in [0.05, 0.1) is 18.7 Å². The molecule has 7 nitrogen and oxygen atoms in total. The van der Waals surface area contributed by atoms with Crippen molar-refractivity contribution in [1.82, 2.24) is 9.97 Å². The summed E-state index contributed by atoms with van der Waals surface area (Å²) in [6, 6.07) is 9.37. The highest BCUT2D eigenvalue weighted by atomic mass is 32.1. The van der Waals surface area contributed by atoms with Gasteiger partial charge in [0, 0.05) is 29.5 Å². The first-order valence-electron chi connectivity index (χ1n) is 8.36. The van der Waals surface area contributed by atoms with Gasteiger partial charge in [0.25, 0.3) is 5.78 Å². The van der Waals surface area contributed by atoms with E-state index in [0.29, 0.717) is 22.0 Å². The van der Waals surface area contributed by atoms with Gasteiger partial charge in [-0.1, -0.05) is 12.1 Å². The van der Waals surface area contributed by atoms with Gasteiger partial charge in [-0.3, -0.25) is 19.5 Å². The number of Topliss-reactive ketones (excluding diaryl/α,β-unsaturated/α-hetero) is 1. The molecule has 1 unspecified atom stereocenters. The van der Waals surface area contributed by atoms with E-state index >= 15 is 0 Å². The Labute approximate surface area is 164 Å². The Bertz CT molecular complexity index is 1060. The number of ether oxygens (including phenoxy) is 1. The number of ketones is 1. The molecule has 4 rings (SSSR count). The van der Waals surface area contributed by atoms with Crippen molar-refractivity contribution >= 4 is 33.9 Å². The summed E-state index contributed by atoms with van der Waals surface area (Å²) in [4.78, 5) is 35.2. The topological polar surface area (TPSA) is 92.6 Å². The van der Waals surface area contributed by atoms with Gasteiger partial charge in [0.15, 0.2) is 5.13 Å². The van der Waals surface area contributed by atoms with Gasteiger partial charge < -0.3 is 9.84 Å². The van der Waals surface area contributed by atoms with E-state index in [2.05, 4.69) is 9.97 Å². The van der Waals surface area contributed by atoms with Crippen molar-refractivity contribution in [2.24, 2.45) is 0 Å². The quantitative estimate of drug-likeness (QED) is 0.416. The van der Waals surface area contributed by atoms with E-state index < -0.39 is 17.7 Å². The number of amides is 1. The summed E-state index contributed by atoms with van der Waals surface area (Å²) in [6.07, 6.45) is 4.57. The SMILES string of the molecule is COc1cccc(C2/C(=C(\O)c3ccncc3)C(=O)C(=O)N2c2nccs2)c1. The fraction of sp³-hybridized carbons (Fsp3) is 0.100. The predicted octanol–water partition coefficient (Wildman–Crippen LogP) is 3.17.